The Morgan fingerprint density at radius 3 is 1.79 bits per heavy atom. The molecule has 43 heavy (non-hydrogen) atoms. The summed E-state index contributed by atoms with van der Waals surface area (Å²) in [6.07, 6.45) is -3.66. The Hall–Kier alpha value is -4.18. The Morgan fingerprint density at radius 1 is 0.651 bits per heavy atom. The highest BCUT2D eigenvalue weighted by Gasteiger charge is 2.57. The Labute approximate surface area is 249 Å². The van der Waals surface area contributed by atoms with E-state index < -0.39 is 48.7 Å². The first-order valence-electron chi connectivity index (χ1n) is 14.4. The number of benzene rings is 4. The molecule has 2 fully saturated rings. The summed E-state index contributed by atoms with van der Waals surface area (Å²) in [4.78, 5) is 29.0. The van der Waals surface area contributed by atoms with E-state index in [2.05, 4.69) is 0 Å². The summed E-state index contributed by atoms with van der Waals surface area (Å²) >= 11 is 0. The summed E-state index contributed by atoms with van der Waals surface area (Å²) in [5, 5.41) is 0. The molecule has 0 saturated carbocycles. The van der Waals surface area contributed by atoms with Gasteiger partial charge < -0.3 is 23.7 Å². The molecule has 0 aromatic heterocycles. The molecule has 4 aromatic carbocycles. The van der Waals surface area contributed by atoms with E-state index in [-0.39, 0.29) is 19.8 Å². The quantitative estimate of drug-likeness (QED) is 0.263. The van der Waals surface area contributed by atoms with Gasteiger partial charge in [0.1, 0.15) is 24.4 Å². The van der Waals surface area contributed by atoms with Crippen molar-refractivity contribution in [2.24, 2.45) is 0 Å². The summed E-state index contributed by atoms with van der Waals surface area (Å²) in [5.74, 6) is -0.832. The molecule has 0 aliphatic carbocycles. The van der Waals surface area contributed by atoms with E-state index in [4.69, 9.17) is 23.7 Å². The van der Waals surface area contributed by atoms with Gasteiger partial charge in [-0.15, -0.1) is 0 Å². The maximum absolute atomic E-state index is 13.9. The fourth-order valence-corrected chi connectivity index (χ4v) is 5.94. The minimum atomic E-state index is -0.995. The standard InChI is InChI=1S/C35H31NO7/c37-32-26-18-10-11-19-27(26)33(38)36(32)29-31(39-20-23-12-4-1-5-13-23)30-28(22-41-34(43-30)25-16-8-3-9-17-25)42-35(29)40-21-24-14-6-2-7-15-24/h1-19,28-31,34-35H,20-22H2/t28-,29+,30+,31+,34-,35+/m0/s1. The number of ether oxygens (including phenoxy) is 5. The van der Waals surface area contributed by atoms with Gasteiger partial charge in [-0.1, -0.05) is 103 Å². The van der Waals surface area contributed by atoms with E-state index in [1.54, 1.807) is 24.3 Å². The molecule has 0 unspecified atom stereocenters. The van der Waals surface area contributed by atoms with Gasteiger partial charge in [0.25, 0.3) is 11.8 Å². The number of rotatable bonds is 8. The zero-order valence-electron chi connectivity index (χ0n) is 23.4. The molecule has 7 rings (SSSR count). The van der Waals surface area contributed by atoms with Crippen molar-refractivity contribution in [2.45, 2.75) is 50.1 Å². The predicted molar refractivity (Wildman–Crippen MR) is 156 cm³/mol. The molecule has 3 heterocycles. The van der Waals surface area contributed by atoms with Gasteiger partial charge in [-0.2, -0.15) is 0 Å². The number of carbonyl (C=O) groups excluding carboxylic acids is 2. The number of amides is 2. The Balaban J connectivity index is 1.26. The molecule has 3 aliphatic heterocycles. The van der Waals surface area contributed by atoms with Gasteiger partial charge in [0.05, 0.1) is 30.9 Å². The van der Waals surface area contributed by atoms with Crippen LogP contribution in [0.2, 0.25) is 0 Å². The molecular weight excluding hydrogens is 546 g/mol. The fraction of sp³-hybridized carbons (Fsp3) is 0.257. The average molecular weight is 578 g/mol. The lowest BCUT2D eigenvalue weighted by atomic mass is 9.94. The van der Waals surface area contributed by atoms with Gasteiger partial charge in [-0.3, -0.25) is 14.5 Å². The van der Waals surface area contributed by atoms with Crippen molar-refractivity contribution in [1.82, 2.24) is 4.90 Å². The SMILES string of the molecule is O=C1c2ccccc2C(=O)N1[C@H]1[C@H](OCc2ccccc2)O[C@H]2CO[C@H](c3ccccc3)O[C@H]2[C@@H]1OCc1ccccc1. The molecule has 8 heteroatoms. The maximum atomic E-state index is 13.9. The topological polar surface area (TPSA) is 83.5 Å². The molecule has 3 aliphatic rings. The van der Waals surface area contributed by atoms with Crippen LogP contribution >= 0.6 is 0 Å². The second kappa shape index (κ2) is 12.2. The minimum Gasteiger partial charge on any atom is -0.368 e. The number of hydrogen-bond acceptors (Lipinski definition) is 7. The molecule has 8 nitrogen and oxygen atoms in total. The number of carbonyl (C=O) groups is 2. The van der Waals surface area contributed by atoms with Gasteiger partial charge >= 0.3 is 0 Å². The highest BCUT2D eigenvalue weighted by molar-refractivity contribution is 6.21. The largest absolute Gasteiger partial charge is 0.368 e. The number of nitrogens with zero attached hydrogens (tertiary/aromatic N) is 1. The molecule has 0 spiro atoms. The van der Waals surface area contributed by atoms with Crippen molar-refractivity contribution in [3.8, 4) is 0 Å². The molecule has 218 valence electrons. The smallest absolute Gasteiger partial charge is 0.262 e. The first-order valence-corrected chi connectivity index (χ1v) is 14.4. The number of imide groups is 1. The van der Waals surface area contributed by atoms with E-state index in [0.717, 1.165) is 16.7 Å². The summed E-state index contributed by atoms with van der Waals surface area (Å²) in [6.45, 7) is 0.664. The van der Waals surface area contributed by atoms with Gasteiger partial charge in [0.2, 0.25) is 0 Å². The van der Waals surface area contributed by atoms with Crippen molar-refractivity contribution < 1.29 is 33.3 Å². The molecule has 4 aromatic rings. The van der Waals surface area contributed by atoms with Crippen LogP contribution in [-0.2, 0) is 36.9 Å². The molecule has 2 saturated heterocycles. The lowest BCUT2D eigenvalue weighted by Crippen LogP contribution is -2.68. The van der Waals surface area contributed by atoms with Crippen molar-refractivity contribution in [3.63, 3.8) is 0 Å². The van der Waals surface area contributed by atoms with E-state index in [9.17, 15) is 9.59 Å². The van der Waals surface area contributed by atoms with Gasteiger partial charge in [-0.25, -0.2) is 0 Å². The lowest BCUT2D eigenvalue weighted by molar-refractivity contribution is -0.355. The third-order valence-corrected chi connectivity index (χ3v) is 8.04. The molecular formula is C35H31NO7. The zero-order chi connectivity index (χ0) is 29.2. The Kier molecular flexibility index (Phi) is 7.84. The van der Waals surface area contributed by atoms with Crippen molar-refractivity contribution in [2.75, 3.05) is 6.61 Å². The van der Waals surface area contributed by atoms with Crippen LogP contribution in [-0.4, -0.2) is 54.0 Å². The first-order chi connectivity index (χ1) is 21.2. The number of hydrogen-bond donors (Lipinski definition) is 0. The van der Waals surface area contributed by atoms with Crippen LogP contribution in [0.4, 0.5) is 0 Å². The normalized spacial score (nSPS) is 26.7. The van der Waals surface area contributed by atoms with Gasteiger partial charge in [0, 0.05) is 5.56 Å². The Bertz CT molecular complexity index is 1530. The van der Waals surface area contributed by atoms with Crippen LogP contribution in [0.1, 0.15) is 43.7 Å². The van der Waals surface area contributed by atoms with Crippen LogP contribution in [0.15, 0.2) is 115 Å². The van der Waals surface area contributed by atoms with Crippen LogP contribution in [0.3, 0.4) is 0 Å². The third kappa shape index (κ3) is 5.51. The van der Waals surface area contributed by atoms with E-state index >= 15 is 0 Å². The highest BCUT2D eigenvalue weighted by Crippen LogP contribution is 2.40. The van der Waals surface area contributed by atoms with Gasteiger partial charge in [0.15, 0.2) is 12.6 Å². The molecule has 2 amide bonds. The van der Waals surface area contributed by atoms with Crippen LogP contribution < -0.4 is 0 Å². The van der Waals surface area contributed by atoms with E-state index in [1.165, 1.54) is 4.90 Å². The second-order valence-corrected chi connectivity index (χ2v) is 10.8. The van der Waals surface area contributed by atoms with Crippen LogP contribution in [0.5, 0.6) is 0 Å². The third-order valence-electron chi connectivity index (χ3n) is 8.04. The zero-order valence-corrected chi connectivity index (χ0v) is 23.4. The maximum Gasteiger partial charge on any atom is 0.262 e. The lowest BCUT2D eigenvalue weighted by Gasteiger charge is -2.50. The number of fused-ring (bicyclic) bond motifs is 2. The van der Waals surface area contributed by atoms with E-state index in [1.807, 2.05) is 91.0 Å². The van der Waals surface area contributed by atoms with Crippen molar-refractivity contribution in [1.29, 1.82) is 0 Å². The molecule has 0 radical (unpaired) electrons. The molecule has 0 N–H and O–H groups in total. The fourth-order valence-electron chi connectivity index (χ4n) is 5.94. The summed E-state index contributed by atoms with van der Waals surface area (Å²) in [7, 11) is 0. The summed E-state index contributed by atoms with van der Waals surface area (Å²) < 4.78 is 32.2. The Morgan fingerprint density at radius 2 is 1.19 bits per heavy atom. The van der Waals surface area contributed by atoms with E-state index in [0.29, 0.717) is 11.1 Å². The summed E-state index contributed by atoms with van der Waals surface area (Å²) in [6, 6.07) is 35.0. The van der Waals surface area contributed by atoms with Crippen molar-refractivity contribution >= 4 is 11.8 Å². The minimum absolute atomic E-state index is 0.211. The van der Waals surface area contributed by atoms with Gasteiger partial charge in [-0.05, 0) is 23.3 Å². The van der Waals surface area contributed by atoms with Crippen LogP contribution in [0.25, 0.3) is 0 Å². The first kappa shape index (κ1) is 27.6. The monoisotopic (exact) mass is 577 g/mol. The molecule has 6 atom stereocenters. The highest BCUT2D eigenvalue weighted by atomic mass is 16.7. The average Bonchev–Trinajstić information content (AvgIpc) is 3.32. The molecule has 0 bridgehead atoms. The predicted octanol–water partition coefficient (Wildman–Crippen LogP) is 5.29. The summed E-state index contributed by atoms with van der Waals surface area (Å²) in [5.41, 5.74) is 3.40. The second-order valence-electron chi connectivity index (χ2n) is 10.8. The van der Waals surface area contributed by atoms with Crippen molar-refractivity contribution in [3.05, 3.63) is 143 Å². The van der Waals surface area contributed by atoms with Crippen LogP contribution in [0, 0.1) is 0 Å².